The first kappa shape index (κ1) is 59.5. The van der Waals surface area contributed by atoms with Crippen molar-refractivity contribution >= 4 is 0 Å². The number of aliphatic hydroxyl groups is 3. The smallest absolute Gasteiger partial charge is 0.870 e. The molecule has 0 saturated carbocycles. The third-order valence-corrected chi connectivity index (χ3v) is 9.70. The number of epoxide rings is 2. The Kier molecular flexibility index (Phi) is 28.9. The van der Waals surface area contributed by atoms with E-state index in [1.165, 1.54) is 11.1 Å². The average molecular weight is 881 g/mol. The van der Waals surface area contributed by atoms with Gasteiger partial charge in [0.2, 0.25) is 0 Å². The Morgan fingerprint density at radius 3 is 1.20 bits per heavy atom. The van der Waals surface area contributed by atoms with Crippen molar-refractivity contribution in [3.8, 4) is 0 Å². The molecule has 4 N–H and O–H groups in total. The van der Waals surface area contributed by atoms with E-state index in [2.05, 4.69) is 38.1 Å². The third-order valence-electron chi connectivity index (χ3n) is 9.70. The van der Waals surface area contributed by atoms with E-state index in [9.17, 15) is 10.2 Å². The summed E-state index contributed by atoms with van der Waals surface area (Å²) in [6.07, 6.45) is -0.762. The largest absolute Gasteiger partial charge is 1.00 e. The van der Waals surface area contributed by atoms with Crippen molar-refractivity contribution in [3.05, 3.63) is 70.8 Å². The summed E-state index contributed by atoms with van der Waals surface area (Å²) in [5, 5.41) is 30.9. The number of hydrogen-bond acceptors (Lipinski definition) is 14. The minimum atomic E-state index is -1.24. The normalized spacial score (nSPS) is 22.9. The average Bonchev–Trinajstić information content (AvgIpc) is 4.13. The molecule has 2 heterocycles. The van der Waals surface area contributed by atoms with E-state index >= 15 is 0 Å². The fourth-order valence-electron chi connectivity index (χ4n) is 5.54. The molecule has 60 heavy (non-hydrogen) atoms. The molecule has 0 aromatic heterocycles. The SMILES string of the molecule is CC1(c2cccc(C3(C)CO3)c2)CO1.COCC(C)OCC(C)O.COCC(C)OCC(C)OCC(C)(O)c1cccc(C(C)(O)COC(C)COC(C)COC)c1.[K+].[OH-]. The van der Waals surface area contributed by atoms with Gasteiger partial charge in [-0.2, -0.15) is 0 Å². The maximum absolute atomic E-state index is 11.0. The zero-order valence-electron chi connectivity index (χ0n) is 39.0. The summed E-state index contributed by atoms with van der Waals surface area (Å²) in [5.41, 5.74) is 1.31. The van der Waals surface area contributed by atoms with E-state index in [0.29, 0.717) is 50.8 Å². The molecule has 2 aromatic rings. The predicted molar refractivity (Wildman–Crippen MR) is 225 cm³/mol. The predicted octanol–water partition coefficient (Wildman–Crippen LogP) is 2.44. The summed E-state index contributed by atoms with van der Waals surface area (Å²) in [4.78, 5) is 0. The first-order chi connectivity index (χ1) is 27.2. The number of aliphatic hydroxyl groups excluding tert-OH is 1. The molecule has 10 unspecified atom stereocenters. The van der Waals surface area contributed by atoms with Crippen molar-refractivity contribution in [1.29, 1.82) is 0 Å². The summed E-state index contributed by atoms with van der Waals surface area (Å²) in [6.45, 7) is 23.6. The van der Waals surface area contributed by atoms with Gasteiger partial charge < -0.3 is 68.2 Å². The molecule has 2 fully saturated rings. The monoisotopic (exact) mass is 880 g/mol. The first-order valence-electron chi connectivity index (χ1n) is 20.4. The fraction of sp³-hybridized carbons (Fsp3) is 0.733. The standard InChI is InChI=1S/C26H46O8.C12H14O2.C7H16O3.K.H2O/c1-19(13-29-7)31-15-21(3)33-17-25(5,27)23-10-9-11-24(12-23)26(6,28)18-34-22(4)16-32-20(2)14-30-8;1-11(7-13-11)9-4-3-5-10(6-9)12(2)8-14-12;1-6(8)4-10-7(2)5-9-3;;/h9-12,19-22,27-28H,13-18H2,1-8H3;3-6H,7-8H2,1-2H3;6-8H,4-5H2,1-3H3;;1H2/q;;;+1;/p-1. The van der Waals surface area contributed by atoms with E-state index in [-0.39, 0.29) is 118 Å². The van der Waals surface area contributed by atoms with Gasteiger partial charge in [0.25, 0.3) is 0 Å². The second-order valence-electron chi connectivity index (χ2n) is 16.6. The van der Waals surface area contributed by atoms with Gasteiger partial charge in [0.1, 0.15) is 22.4 Å². The van der Waals surface area contributed by atoms with Crippen LogP contribution in [0.25, 0.3) is 0 Å². The Morgan fingerprint density at radius 2 is 0.883 bits per heavy atom. The Labute approximate surface area is 402 Å². The number of hydrogen-bond donors (Lipinski definition) is 3. The second-order valence-corrected chi connectivity index (χ2v) is 16.6. The van der Waals surface area contributed by atoms with Crippen LogP contribution in [0.5, 0.6) is 0 Å². The van der Waals surface area contributed by atoms with Gasteiger partial charge in [-0.3, -0.25) is 0 Å². The molecule has 0 aliphatic carbocycles. The number of ether oxygens (including phenoxy) is 10. The van der Waals surface area contributed by atoms with Crippen molar-refractivity contribution < 1.29 is 120 Å². The van der Waals surface area contributed by atoms with Crippen molar-refractivity contribution in [2.24, 2.45) is 0 Å². The van der Waals surface area contributed by atoms with Gasteiger partial charge in [-0.1, -0.05) is 36.4 Å². The van der Waals surface area contributed by atoms with Crippen molar-refractivity contribution in [2.75, 3.05) is 87.4 Å². The Morgan fingerprint density at radius 1 is 0.567 bits per heavy atom. The molecular weight excluding hydrogens is 804 g/mol. The topological polar surface area (TPSA) is 190 Å². The molecule has 2 saturated heterocycles. The summed E-state index contributed by atoms with van der Waals surface area (Å²) < 4.78 is 54.0. The van der Waals surface area contributed by atoms with Gasteiger partial charge >= 0.3 is 51.4 Å². The molecule has 2 aliphatic rings. The van der Waals surface area contributed by atoms with Gasteiger partial charge in [-0.05, 0) is 104 Å². The summed E-state index contributed by atoms with van der Waals surface area (Å²) in [5.74, 6) is 0. The molecule has 0 spiro atoms. The van der Waals surface area contributed by atoms with Crippen molar-refractivity contribution in [3.63, 3.8) is 0 Å². The van der Waals surface area contributed by atoms with Crippen LogP contribution in [0.3, 0.4) is 0 Å². The number of rotatable bonds is 25. The van der Waals surface area contributed by atoms with Crippen LogP contribution in [0.4, 0.5) is 0 Å². The van der Waals surface area contributed by atoms with Crippen molar-refractivity contribution in [1.82, 2.24) is 0 Å². The quantitative estimate of drug-likeness (QED) is 0.0975. The van der Waals surface area contributed by atoms with E-state index in [0.717, 1.165) is 13.2 Å². The number of benzene rings is 2. The van der Waals surface area contributed by atoms with Crippen LogP contribution in [0, 0.1) is 0 Å². The summed E-state index contributed by atoms with van der Waals surface area (Å²) >= 11 is 0. The van der Waals surface area contributed by atoms with Crippen LogP contribution in [0.15, 0.2) is 48.5 Å². The first-order valence-corrected chi connectivity index (χ1v) is 20.4. The number of methoxy groups -OCH3 is 3. The Bertz CT molecular complexity index is 1330. The minimum Gasteiger partial charge on any atom is -0.870 e. The molecule has 14 nitrogen and oxygen atoms in total. The van der Waals surface area contributed by atoms with Gasteiger partial charge in [0.15, 0.2) is 0 Å². The minimum absolute atomic E-state index is 0. The van der Waals surface area contributed by atoms with E-state index < -0.39 is 11.2 Å². The van der Waals surface area contributed by atoms with Gasteiger partial charge in [0, 0.05) is 21.3 Å². The van der Waals surface area contributed by atoms with E-state index in [1.807, 2.05) is 52.8 Å². The molecule has 4 rings (SSSR count). The molecule has 2 aromatic carbocycles. The van der Waals surface area contributed by atoms with Gasteiger partial charge in [-0.15, -0.1) is 0 Å². The third kappa shape index (κ3) is 22.9. The second kappa shape index (κ2) is 29.1. The molecular formula is C45H77KO14. The Balaban J connectivity index is 0.00000108. The molecule has 10 atom stereocenters. The van der Waals surface area contributed by atoms with Crippen LogP contribution in [0.2, 0.25) is 0 Å². The Hall–Kier alpha value is -0.484. The zero-order valence-corrected chi connectivity index (χ0v) is 42.1. The molecule has 2 aliphatic heterocycles. The van der Waals surface area contributed by atoms with E-state index in [1.54, 1.807) is 48.2 Å². The van der Waals surface area contributed by atoms with E-state index in [4.69, 9.17) is 52.5 Å². The van der Waals surface area contributed by atoms with Gasteiger partial charge in [0.05, 0.1) is 103 Å². The zero-order chi connectivity index (χ0) is 43.6. The molecule has 342 valence electrons. The van der Waals surface area contributed by atoms with Crippen LogP contribution in [-0.2, 0) is 69.8 Å². The van der Waals surface area contributed by atoms with Crippen molar-refractivity contribution in [2.45, 2.75) is 128 Å². The molecule has 15 heteroatoms. The van der Waals surface area contributed by atoms with Crippen LogP contribution < -0.4 is 51.4 Å². The maximum Gasteiger partial charge on any atom is 1.00 e. The summed E-state index contributed by atoms with van der Waals surface area (Å²) in [7, 11) is 4.89. The van der Waals surface area contributed by atoms with Crippen LogP contribution in [0.1, 0.15) is 91.5 Å². The fourth-order valence-corrected chi connectivity index (χ4v) is 5.54. The molecule has 0 bridgehead atoms. The van der Waals surface area contributed by atoms with Crippen LogP contribution >= 0.6 is 0 Å². The molecule has 0 amide bonds. The maximum atomic E-state index is 11.0. The van der Waals surface area contributed by atoms with Gasteiger partial charge in [-0.25, -0.2) is 0 Å². The van der Waals surface area contributed by atoms with Crippen LogP contribution in [-0.4, -0.2) is 145 Å². The summed E-state index contributed by atoms with van der Waals surface area (Å²) in [6, 6.07) is 15.8. The molecule has 0 radical (unpaired) electrons.